The van der Waals surface area contributed by atoms with Crippen LogP contribution in [0.3, 0.4) is 0 Å². The van der Waals surface area contributed by atoms with Crippen molar-refractivity contribution in [3.63, 3.8) is 0 Å². The summed E-state index contributed by atoms with van der Waals surface area (Å²) >= 11 is 6.12. The molecule has 0 saturated carbocycles. The molecule has 0 spiro atoms. The molecule has 8 heteroatoms. The van der Waals surface area contributed by atoms with Crippen molar-refractivity contribution >= 4 is 33.3 Å². The van der Waals surface area contributed by atoms with Crippen molar-refractivity contribution in [1.82, 2.24) is 4.98 Å². The summed E-state index contributed by atoms with van der Waals surface area (Å²) in [5.41, 5.74) is 0. The number of pyridine rings is 1. The molecule has 3 heterocycles. The lowest BCUT2D eigenvalue weighted by Crippen LogP contribution is -2.37. The molecular formula is C12H16ClN3O3S. The van der Waals surface area contributed by atoms with E-state index in [1.165, 1.54) is 4.31 Å². The van der Waals surface area contributed by atoms with E-state index in [1.54, 1.807) is 12.1 Å². The second-order valence-electron chi connectivity index (χ2n) is 4.84. The maximum absolute atomic E-state index is 12.0. The van der Waals surface area contributed by atoms with Gasteiger partial charge in [-0.1, -0.05) is 11.6 Å². The van der Waals surface area contributed by atoms with Gasteiger partial charge in [0, 0.05) is 30.7 Å². The largest absolute Gasteiger partial charge is 0.378 e. The molecule has 2 aliphatic rings. The molecule has 0 bridgehead atoms. The molecular weight excluding hydrogens is 302 g/mol. The van der Waals surface area contributed by atoms with Gasteiger partial charge in [-0.2, -0.15) is 0 Å². The number of morpholine rings is 1. The molecule has 2 saturated heterocycles. The molecule has 6 nitrogen and oxygen atoms in total. The highest BCUT2D eigenvalue weighted by Crippen LogP contribution is 2.28. The highest BCUT2D eigenvalue weighted by molar-refractivity contribution is 7.93. The number of ether oxygens (including phenoxy) is 1. The highest BCUT2D eigenvalue weighted by atomic mass is 35.5. The summed E-state index contributed by atoms with van der Waals surface area (Å²) in [6.45, 7) is 3.23. The van der Waals surface area contributed by atoms with Gasteiger partial charge in [0.15, 0.2) is 0 Å². The van der Waals surface area contributed by atoms with Crippen molar-refractivity contribution in [2.45, 2.75) is 6.42 Å². The Hall–Kier alpha value is -1.05. The fourth-order valence-corrected chi connectivity index (χ4v) is 4.14. The van der Waals surface area contributed by atoms with E-state index in [-0.39, 0.29) is 5.75 Å². The number of hydrogen-bond donors (Lipinski definition) is 0. The Morgan fingerprint density at radius 3 is 2.50 bits per heavy atom. The Kier molecular flexibility index (Phi) is 3.74. The monoisotopic (exact) mass is 317 g/mol. The molecule has 110 valence electrons. The predicted molar refractivity (Wildman–Crippen MR) is 78.0 cm³/mol. The number of nitrogens with zero attached hydrogens (tertiary/aromatic N) is 3. The minimum absolute atomic E-state index is 0.175. The smallest absolute Gasteiger partial charge is 0.236 e. The molecule has 0 aromatic carbocycles. The number of sulfonamides is 1. The van der Waals surface area contributed by atoms with Crippen LogP contribution in [0.5, 0.6) is 0 Å². The van der Waals surface area contributed by atoms with Crippen LogP contribution in [0.1, 0.15) is 6.42 Å². The van der Waals surface area contributed by atoms with Crippen molar-refractivity contribution in [2.75, 3.05) is 47.8 Å². The highest BCUT2D eigenvalue weighted by Gasteiger charge is 2.30. The number of hydrogen-bond acceptors (Lipinski definition) is 5. The molecule has 0 atom stereocenters. The van der Waals surface area contributed by atoms with Gasteiger partial charge in [-0.25, -0.2) is 13.4 Å². The van der Waals surface area contributed by atoms with Crippen molar-refractivity contribution in [1.29, 1.82) is 0 Å². The lowest BCUT2D eigenvalue weighted by Gasteiger charge is -2.29. The van der Waals surface area contributed by atoms with Crippen LogP contribution >= 0.6 is 11.6 Å². The summed E-state index contributed by atoms with van der Waals surface area (Å²) in [6, 6.07) is 3.37. The molecule has 20 heavy (non-hydrogen) atoms. The van der Waals surface area contributed by atoms with Gasteiger partial charge in [0.25, 0.3) is 0 Å². The average Bonchev–Trinajstić information content (AvgIpc) is 2.79. The molecule has 2 fully saturated rings. The first-order valence-corrected chi connectivity index (χ1v) is 8.56. The van der Waals surface area contributed by atoms with Gasteiger partial charge in [0.2, 0.25) is 10.0 Å². The molecule has 0 unspecified atom stereocenters. The quantitative estimate of drug-likeness (QED) is 0.817. The van der Waals surface area contributed by atoms with Crippen LogP contribution in [-0.2, 0) is 14.8 Å². The van der Waals surface area contributed by atoms with Crippen LogP contribution in [0.4, 0.5) is 11.6 Å². The molecule has 0 radical (unpaired) electrons. The Morgan fingerprint density at radius 1 is 1.15 bits per heavy atom. The van der Waals surface area contributed by atoms with Gasteiger partial charge in [0.05, 0.1) is 19.0 Å². The van der Waals surface area contributed by atoms with Crippen molar-refractivity contribution in [3.05, 3.63) is 17.2 Å². The SMILES string of the molecule is O=S1(=O)CCCN1c1cc(Cl)cc(N2CCOCC2)n1. The zero-order chi connectivity index (χ0) is 14.2. The molecule has 2 aliphatic heterocycles. The van der Waals surface area contributed by atoms with E-state index in [0.717, 1.165) is 13.1 Å². The molecule has 0 N–H and O–H groups in total. The average molecular weight is 318 g/mol. The first-order chi connectivity index (χ1) is 9.56. The third-order valence-electron chi connectivity index (χ3n) is 3.45. The summed E-state index contributed by atoms with van der Waals surface area (Å²) in [5.74, 6) is 1.29. The van der Waals surface area contributed by atoms with E-state index in [4.69, 9.17) is 16.3 Å². The minimum Gasteiger partial charge on any atom is -0.378 e. The van der Waals surface area contributed by atoms with Crippen LogP contribution in [0.2, 0.25) is 5.02 Å². The summed E-state index contributed by atoms with van der Waals surface area (Å²) in [4.78, 5) is 6.52. The summed E-state index contributed by atoms with van der Waals surface area (Å²) in [6.07, 6.45) is 0.628. The van der Waals surface area contributed by atoms with E-state index >= 15 is 0 Å². The van der Waals surface area contributed by atoms with Crippen LogP contribution in [-0.4, -0.2) is 52.0 Å². The number of halogens is 1. The lowest BCUT2D eigenvalue weighted by molar-refractivity contribution is 0.122. The van der Waals surface area contributed by atoms with Crippen LogP contribution in [0, 0.1) is 0 Å². The topological polar surface area (TPSA) is 62.7 Å². The minimum atomic E-state index is -3.24. The maximum atomic E-state index is 12.0. The second kappa shape index (κ2) is 5.38. The lowest BCUT2D eigenvalue weighted by atomic mass is 10.3. The molecule has 3 rings (SSSR count). The fraction of sp³-hybridized carbons (Fsp3) is 0.583. The maximum Gasteiger partial charge on any atom is 0.236 e. The molecule has 1 aromatic heterocycles. The van der Waals surface area contributed by atoms with Gasteiger partial charge in [-0.05, 0) is 12.5 Å². The molecule has 0 aliphatic carbocycles. The third-order valence-corrected chi connectivity index (χ3v) is 5.52. The standard InChI is InChI=1S/C12H16ClN3O3S/c13-10-8-11(15-3-5-19-6-4-15)14-12(9-10)16-2-1-7-20(16,17)18/h8-9H,1-7H2. The van der Waals surface area contributed by atoms with Gasteiger partial charge in [0.1, 0.15) is 11.6 Å². The van der Waals surface area contributed by atoms with Gasteiger partial charge in [-0.3, -0.25) is 4.31 Å². The second-order valence-corrected chi connectivity index (χ2v) is 7.29. The zero-order valence-electron chi connectivity index (χ0n) is 11.0. The predicted octanol–water partition coefficient (Wildman–Crippen LogP) is 1.11. The Balaban J connectivity index is 1.94. The van der Waals surface area contributed by atoms with Gasteiger partial charge < -0.3 is 9.64 Å². The van der Waals surface area contributed by atoms with Crippen LogP contribution in [0.15, 0.2) is 12.1 Å². The van der Waals surface area contributed by atoms with Gasteiger partial charge >= 0.3 is 0 Å². The van der Waals surface area contributed by atoms with E-state index in [9.17, 15) is 8.42 Å². The zero-order valence-corrected chi connectivity index (χ0v) is 12.5. The Labute approximate surface area is 123 Å². The summed E-state index contributed by atoms with van der Waals surface area (Å²) in [5, 5.41) is 0.499. The number of aromatic nitrogens is 1. The van der Waals surface area contributed by atoms with E-state index < -0.39 is 10.0 Å². The Bertz CT molecular complexity index is 602. The Morgan fingerprint density at radius 2 is 1.85 bits per heavy atom. The summed E-state index contributed by atoms with van der Waals surface area (Å²) in [7, 11) is -3.24. The third kappa shape index (κ3) is 2.70. The molecule has 0 amide bonds. The fourth-order valence-electron chi connectivity index (χ4n) is 2.45. The molecule has 1 aromatic rings. The van der Waals surface area contributed by atoms with Crippen molar-refractivity contribution < 1.29 is 13.2 Å². The number of anilines is 2. The normalized spacial score (nSPS) is 22.2. The first kappa shape index (κ1) is 13.9. The van der Waals surface area contributed by atoms with Crippen molar-refractivity contribution in [2.24, 2.45) is 0 Å². The van der Waals surface area contributed by atoms with E-state index in [1.807, 2.05) is 0 Å². The van der Waals surface area contributed by atoms with Gasteiger partial charge in [-0.15, -0.1) is 0 Å². The van der Waals surface area contributed by atoms with E-state index in [2.05, 4.69) is 9.88 Å². The number of rotatable bonds is 2. The van der Waals surface area contributed by atoms with E-state index in [0.29, 0.717) is 42.8 Å². The van der Waals surface area contributed by atoms with Crippen LogP contribution < -0.4 is 9.21 Å². The summed E-state index contributed by atoms with van der Waals surface area (Å²) < 4.78 is 30.6. The van der Waals surface area contributed by atoms with Crippen molar-refractivity contribution in [3.8, 4) is 0 Å². The first-order valence-electron chi connectivity index (χ1n) is 6.57. The van der Waals surface area contributed by atoms with Crippen LogP contribution in [0.25, 0.3) is 0 Å².